The first-order valence-electron chi connectivity index (χ1n) is 9.22. The van der Waals surface area contributed by atoms with E-state index in [-0.39, 0.29) is 12.6 Å². The van der Waals surface area contributed by atoms with E-state index in [9.17, 15) is 30.3 Å². The zero-order chi connectivity index (χ0) is 22.8. The van der Waals surface area contributed by atoms with Crippen molar-refractivity contribution >= 4 is 19.8 Å². The van der Waals surface area contributed by atoms with Crippen LogP contribution in [0.25, 0.3) is 0 Å². The van der Waals surface area contributed by atoms with E-state index in [4.69, 9.17) is 0 Å². The first kappa shape index (κ1) is 24.2. The van der Waals surface area contributed by atoms with Crippen LogP contribution in [0, 0.1) is 20.8 Å². The molecule has 1 atom stereocenters. The van der Waals surface area contributed by atoms with Crippen molar-refractivity contribution in [2.24, 2.45) is 0 Å². The Labute approximate surface area is 171 Å². The Morgan fingerprint density at radius 1 is 0.967 bits per heavy atom. The van der Waals surface area contributed by atoms with E-state index in [1.165, 1.54) is 22.4 Å². The van der Waals surface area contributed by atoms with Crippen LogP contribution in [-0.2, 0) is 0 Å². The molecule has 0 spiro atoms. The summed E-state index contributed by atoms with van der Waals surface area (Å²) in [5.74, 6) is 0. The van der Waals surface area contributed by atoms with Crippen molar-refractivity contribution in [2.75, 3.05) is 24.6 Å². The molecule has 2 aromatic rings. The number of aliphatic hydroxyl groups excluding tert-OH is 1. The van der Waals surface area contributed by atoms with Crippen molar-refractivity contribution in [1.82, 2.24) is 0 Å². The van der Waals surface area contributed by atoms with Crippen molar-refractivity contribution < 1.29 is 34.9 Å². The molecule has 1 aliphatic rings. The van der Waals surface area contributed by atoms with Crippen LogP contribution in [0.2, 0.25) is 0 Å². The number of halogens is 6. The topological polar surface area (TPSA) is 26.5 Å². The second kappa shape index (κ2) is 7.85. The van der Waals surface area contributed by atoms with Gasteiger partial charge in [-0.2, -0.15) is 0 Å². The summed E-state index contributed by atoms with van der Waals surface area (Å²) in [6, 6.07) is 14.7. The van der Waals surface area contributed by atoms with Crippen molar-refractivity contribution in [3.8, 4) is 0 Å². The average Bonchev–Trinajstić information content (AvgIpc) is 3.02. The van der Waals surface area contributed by atoms with E-state index in [1.807, 2.05) is 18.2 Å². The molecule has 3 nitrogen and oxygen atoms in total. The second-order valence-corrected chi connectivity index (χ2v) is 9.28. The molecule has 30 heavy (non-hydrogen) atoms. The van der Waals surface area contributed by atoms with Crippen molar-refractivity contribution in [3.63, 3.8) is 0 Å². The molecular formula is C20H25F6N2OP. The zero-order valence-corrected chi connectivity index (χ0v) is 17.8. The number of benzene rings is 2. The van der Waals surface area contributed by atoms with Gasteiger partial charge in [-0.1, -0.05) is 48.0 Å². The average molecular weight is 454 g/mol. The van der Waals surface area contributed by atoms with Gasteiger partial charge >= 0.3 is 33.0 Å². The molecule has 2 aromatic carbocycles. The molecule has 1 heterocycles. The normalized spacial score (nSPS) is 17.4. The SMILES string of the molecule is Cc1cc(C)c(N2C=[N+]([C@@H](CO)c3ccccc3)CC2)c(C)c1.F[P-](F)(F)(F)(F)F. The molecule has 0 amide bonds. The minimum atomic E-state index is -10.7. The monoisotopic (exact) mass is 454 g/mol. The van der Waals surface area contributed by atoms with Crippen LogP contribution < -0.4 is 4.90 Å². The number of hydrogen-bond acceptors (Lipinski definition) is 2. The number of aliphatic hydroxyl groups is 1. The molecule has 10 heteroatoms. The molecular weight excluding hydrogens is 429 g/mol. The summed E-state index contributed by atoms with van der Waals surface area (Å²) in [6.07, 6.45) is 2.17. The first-order chi connectivity index (χ1) is 13.5. The van der Waals surface area contributed by atoms with E-state index < -0.39 is 7.81 Å². The van der Waals surface area contributed by atoms with E-state index in [1.54, 1.807) is 0 Å². The number of rotatable bonds is 4. The summed E-state index contributed by atoms with van der Waals surface area (Å²) in [7, 11) is -10.7. The molecule has 0 saturated carbocycles. The van der Waals surface area contributed by atoms with Crippen LogP contribution in [0.1, 0.15) is 28.3 Å². The predicted octanol–water partition coefficient (Wildman–Crippen LogP) is 6.59. The van der Waals surface area contributed by atoms with E-state index in [2.05, 4.69) is 60.9 Å². The maximum absolute atomic E-state index is 10.7. The number of aryl methyl sites for hydroxylation is 3. The Balaban J connectivity index is 0.000000396. The molecule has 0 bridgehead atoms. The summed E-state index contributed by atoms with van der Waals surface area (Å²) in [5.41, 5.74) is 6.37. The van der Waals surface area contributed by atoms with Gasteiger partial charge in [0.05, 0.1) is 6.61 Å². The molecule has 0 aromatic heterocycles. The Kier molecular flexibility index (Phi) is 6.32. The maximum atomic E-state index is 9.87. The summed E-state index contributed by atoms with van der Waals surface area (Å²) in [5, 5.41) is 9.86. The number of hydrogen-bond donors (Lipinski definition) is 1. The van der Waals surface area contributed by atoms with E-state index in [0.29, 0.717) is 0 Å². The van der Waals surface area contributed by atoms with Gasteiger partial charge < -0.3 is 5.11 Å². The summed E-state index contributed by atoms with van der Waals surface area (Å²) >= 11 is 0. The molecule has 0 aliphatic carbocycles. The molecule has 168 valence electrons. The van der Waals surface area contributed by atoms with Crippen molar-refractivity contribution in [3.05, 3.63) is 64.7 Å². The fourth-order valence-electron chi connectivity index (χ4n) is 3.63. The van der Waals surface area contributed by atoms with E-state index in [0.717, 1.165) is 18.7 Å². The first-order valence-corrected chi connectivity index (χ1v) is 11.3. The molecule has 1 N–H and O–H groups in total. The molecule has 1 aliphatic heterocycles. The van der Waals surface area contributed by atoms with Crippen molar-refractivity contribution in [2.45, 2.75) is 26.8 Å². The Morgan fingerprint density at radius 2 is 1.47 bits per heavy atom. The Bertz CT molecular complexity index is 895. The van der Waals surface area contributed by atoms with Crippen LogP contribution in [0.4, 0.5) is 30.9 Å². The molecule has 0 fully saturated rings. The van der Waals surface area contributed by atoms with Gasteiger partial charge in [0, 0.05) is 0 Å². The third-order valence-electron chi connectivity index (χ3n) is 4.57. The van der Waals surface area contributed by atoms with Gasteiger partial charge in [-0.15, -0.1) is 0 Å². The predicted molar refractivity (Wildman–Crippen MR) is 109 cm³/mol. The standard InChI is InChI=1S/C20H25N2O.F6P/c1-15-11-16(2)20(17(3)12-15)22-10-9-21(14-22)19(13-23)18-7-5-4-6-8-18;1-7(2,3,4,5)6/h4-8,11-12,14,19,23H,9-10,13H2,1-3H3;/q+1;-1/t19-;/m0./s1. The third kappa shape index (κ3) is 7.95. The van der Waals surface area contributed by atoms with Crippen LogP contribution in [-0.4, -0.2) is 35.7 Å². The van der Waals surface area contributed by atoms with Gasteiger partial charge in [-0.05, 0) is 37.5 Å². The van der Waals surface area contributed by atoms with Gasteiger partial charge in [0.1, 0.15) is 24.8 Å². The number of anilines is 1. The van der Waals surface area contributed by atoms with Crippen LogP contribution in [0.15, 0.2) is 42.5 Å². The zero-order valence-electron chi connectivity index (χ0n) is 16.9. The molecule has 0 unspecified atom stereocenters. The summed E-state index contributed by atoms with van der Waals surface area (Å²) in [4.78, 5) is 2.32. The number of nitrogens with zero attached hydrogens (tertiary/aromatic N) is 2. The van der Waals surface area contributed by atoms with Crippen LogP contribution in [0.5, 0.6) is 0 Å². The Morgan fingerprint density at radius 3 is 1.93 bits per heavy atom. The molecule has 0 radical (unpaired) electrons. The third-order valence-corrected chi connectivity index (χ3v) is 4.57. The van der Waals surface area contributed by atoms with Crippen molar-refractivity contribution in [1.29, 1.82) is 0 Å². The van der Waals surface area contributed by atoms with Gasteiger partial charge in [-0.3, -0.25) is 4.58 Å². The molecule has 3 rings (SSSR count). The van der Waals surface area contributed by atoms with Gasteiger partial charge in [0.25, 0.3) is 0 Å². The fraction of sp³-hybridized carbons (Fsp3) is 0.350. The van der Waals surface area contributed by atoms with Crippen LogP contribution in [0.3, 0.4) is 0 Å². The summed E-state index contributed by atoms with van der Waals surface area (Å²) in [6.45, 7) is 8.49. The second-order valence-electron chi connectivity index (χ2n) is 7.36. The van der Waals surface area contributed by atoms with Gasteiger partial charge in [0.2, 0.25) is 6.34 Å². The minimum absolute atomic E-state index is 0.0206. The summed E-state index contributed by atoms with van der Waals surface area (Å²) < 4.78 is 61.4. The molecule has 0 saturated heterocycles. The quantitative estimate of drug-likeness (QED) is 0.321. The fourth-order valence-corrected chi connectivity index (χ4v) is 3.63. The van der Waals surface area contributed by atoms with Crippen LogP contribution >= 0.6 is 7.81 Å². The Hall–Kier alpha value is -2.12. The van der Waals surface area contributed by atoms with Gasteiger partial charge in [0.15, 0.2) is 0 Å². The van der Waals surface area contributed by atoms with E-state index >= 15 is 0 Å². The van der Waals surface area contributed by atoms with Gasteiger partial charge in [-0.25, -0.2) is 4.90 Å².